The van der Waals surface area contributed by atoms with Gasteiger partial charge in [-0.25, -0.2) is 8.78 Å². The molecule has 1 amide bonds. The van der Waals surface area contributed by atoms with E-state index in [0.29, 0.717) is 18.8 Å². The number of nitriles is 1. The van der Waals surface area contributed by atoms with E-state index in [4.69, 9.17) is 8.83 Å². The van der Waals surface area contributed by atoms with Crippen molar-refractivity contribution in [1.82, 2.24) is 9.88 Å². The van der Waals surface area contributed by atoms with Gasteiger partial charge in [-0.2, -0.15) is 10.2 Å². The molecule has 9 heteroatoms. The average molecular weight is 384 g/mol. The standard InChI is InChI=1S/C19H14F2N4O3/c20-12-3-4-14(21)13(10-12)18(26)24-5-7-25(8-6-24)19-15(11-22)23-17(28-19)16-2-1-9-27-16/h1-4,9-10H,5-8H2. The number of oxazole rings is 1. The molecule has 7 nitrogen and oxygen atoms in total. The minimum absolute atomic E-state index is 0.113. The summed E-state index contributed by atoms with van der Waals surface area (Å²) in [5.74, 6) is -1.13. The van der Waals surface area contributed by atoms with Crippen molar-refractivity contribution in [3.05, 3.63) is 59.5 Å². The molecule has 0 saturated carbocycles. The van der Waals surface area contributed by atoms with Crippen LogP contribution in [0.4, 0.5) is 14.7 Å². The molecule has 1 saturated heterocycles. The van der Waals surface area contributed by atoms with Gasteiger partial charge >= 0.3 is 0 Å². The molecule has 0 radical (unpaired) electrons. The number of piperazine rings is 1. The summed E-state index contributed by atoms with van der Waals surface area (Å²) in [6, 6.07) is 8.13. The first kappa shape index (κ1) is 17.7. The van der Waals surface area contributed by atoms with Gasteiger partial charge in [-0.15, -0.1) is 0 Å². The number of hydrogen-bond acceptors (Lipinski definition) is 6. The number of halogens is 2. The van der Waals surface area contributed by atoms with Crippen LogP contribution >= 0.6 is 0 Å². The lowest BCUT2D eigenvalue weighted by Crippen LogP contribution is -2.49. The van der Waals surface area contributed by atoms with Crippen molar-refractivity contribution in [3.63, 3.8) is 0 Å². The smallest absolute Gasteiger partial charge is 0.266 e. The third-order valence-electron chi connectivity index (χ3n) is 4.46. The minimum Gasteiger partial charge on any atom is -0.459 e. The average Bonchev–Trinajstić information content (AvgIpc) is 3.39. The normalized spacial score (nSPS) is 14.2. The summed E-state index contributed by atoms with van der Waals surface area (Å²) in [5, 5.41) is 9.33. The van der Waals surface area contributed by atoms with Gasteiger partial charge in [0.1, 0.15) is 17.7 Å². The van der Waals surface area contributed by atoms with Gasteiger partial charge in [-0.05, 0) is 30.3 Å². The van der Waals surface area contributed by atoms with E-state index in [1.807, 2.05) is 6.07 Å². The number of amides is 1. The maximum Gasteiger partial charge on any atom is 0.266 e. The van der Waals surface area contributed by atoms with Crippen LogP contribution in [0.3, 0.4) is 0 Å². The van der Waals surface area contributed by atoms with Crippen LogP contribution in [0, 0.1) is 23.0 Å². The van der Waals surface area contributed by atoms with E-state index < -0.39 is 17.5 Å². The van der Waals surface area contributed by atoms with Crippen LogP contribution in [0.5, 0.6) is 0 Å². The lowest BCUT2D eigenvalue weighted by Gasteiger charge is -2.34. The molecule has 3 aromatic rings. The van der Waals surface area contributed by atoms with Gasteiger partial charge < -0.3 is 18.6 Å². The van der Waals surface area contributed by atoms with Crippen molar-refractivity contribution in [2.45, 2.75) is 0 Å². The first-order valence-corrected chi connectivity index (χ1v) is 8.51. The first-order valence-electron chi connectivity index (χ1n) is 8.51. The summed E-state index contributed by atoms with van der Waals surface area (Å²) in [5.41, 5.74) is -0.187. The molecule has 3 heterocycles. The second kappa shape index (κ2) is 7.15. The molecule has 1 aliphatic rings. The molecule has 0 aliphatic carbocycles. The van der Waals surface area contributed by atoms with E-state index in [0.717, 1.165) is 18.2 Å². The van der Waals surface area contributed by atoms with Crippen LogP contribution in [0.2, 0.25) is 0 Å². The zero-order valence-corrected chi connectivity index (χ0v) is 14.6. The summed E-state index contributed by atoms with van der Waals surface area (Å²) < 4.78 is 38.1. The predicted octanol–water partition coefficient (Wildman–Crippen LogP) is 3.05. The molecule has 4 rings (SSSR count). The number of hydrogen-bond donors (Lipinski definition) is 0. The molecule has 0 bridgehead atoms. The van der Waals surface area contributed by atoms with Gasteiger partial charge in [0.2, 0.25) is 11.6 Å². The molecule has 1 fully saturated rings. The molecule has 0 N–H and O–H groups in total. The van der Waals surface area contributed by atoms with Crippen LogP contribution in [0.15, 0.2) is 45.4 Å². The number of benzene rings is 1. The predicted molar refractivity (Wildman–Crippen MR) is 93.4 cm³/mol. The topological polar surface area (TPSA) is 86.5 Å². The summed E-state index contributed by atoms with van der Waals surface area (Å²) in [7, 11) is 0. The van der Waals surface area contributed by atoms with E-state index in [9.17, 15) is 18.8 Å². The van der Waals surface area contributed by atoms with Gasteiger partial charge in [-0.1, -0.05) is 0 Å². The lowest BCUT2D eigenvalue weighted by atomic mass is 10.1. The van der Waals surface area contributed by atoms with E-state index in [2.05, 4.69) is 4.98 Å². The van der Waals surface area contributed by atoms with Gasteiger partial charge in [0.05, 0.1) is 11.8 Å². The Kier molecular flexibility index (Phi) is 4.53. The molecule has 0 atom stereocenters. The highest BCUT2D eigenvalue weighted by molar-refractivity contribution is 5.94. The lowest BCUT2D eigenvalue weighted by molar-refractivity contribution is 0.0740. The fourth-order valence-corrected chi connectivity index (χ4v) is 3.05. The maximum atomic E-state index is 13.9. The van der Waals surface area contributed by atoms with Crippen molar-refractivity contribution in [3.8, 4) is 17.7 Å². The minimum atomic E-state index is -0.765. The molecule has 142 valence electrons. The summed E-state index contributed by atoms with van der Waals surface area (Å²) in [6.07, 6.45) is 1.47. The second-order valence-electron chi connectivity index (χ2n) is 6.17. The Balaban J connectivity index is 1.49. The van der Waals surface area contributed by atoms with Gasteiger partial charge in [-0.3, -0.25) is 4.79 Å². The number of furan rings is 1. The number of carbonyl (C=O) groups excluding carboxylic acids is 1. The highest BCUT2D eigenvalue weighted by Crippen LogP contribution is 2.29. The van der Waals surface area contributed by atoms with Crippen molar-refractivity contribution < 1.29 is 22.4 Å². The van der Waals surface area contributed by atoms with E-state index in [1.165, 1.54) is 11.2 Å². The highest BCUT2D eigenvalue weighted by Gasteiger charge is 2.28. The third-order valence-corrected chi connectivity index (χ3v) is 4.46. The summed E-state index contributed by atoms with van der Waals surface area (Å²) in [6.45, 7) is 1.22. The van der Waals surface area contributed by atoms with E-state index in [1.54, 1.807) is 17.0 Å². The van der Waals surface area contributed by atoms with Gasteiger partial charge in [0, 0.05) is 26.2 Å². The molecule has 0 unspecified atom stereocenters. The molecule has 28 heavy (non-hydrogen) atoms. The van der Waals surface area contributed by atoms with Crippen LogP contribution in [0.1, 0.15) is 16.1 Å². The van der Waals surface area contributed by atoms with Gasteiger partial charge in [0.15, 0.2) is 5.76 Å². The Morgan fingerprint density at radius 2 is 1.96 bits per heavy atom. The van der Waals surface area contributed by atoms with E-state index in [-0.39, 0.29) is 36.1 Å². The summed E-state index contributed by atoms with van der Waals surface area (Å²) in [4.78, 5) is 19.8. The molecule has 2 aromatic heterocycles. The fourth-order valence-electron chi connectivity index (χ4n) is 3.05. The van der Waals surface area contributed by atoms with Crippen LogP contribution in [0.25, 0.3) is 11.7 Å². The second-order valence-corrected chi connectivity index (χ2v) is 6.17. The Morgan fingerprint density at radius 3 is 2.64 bits per heavy atom. The molecule has 1 aliphatic heterocycles. The van der Waals surface area contributed by atoms with Gasteiger partial charge in [0.25, 0.3) is 11.8 Å². The molecular weight excluding hydrogens is 370 g/mol. The van der Waals surface area contributed by atoms with Crippen molar-refractivity contribution in [2.75, 3.05) is 31.1 Å². The number of rotatable bonds is 3. The molecular formula is C19H14F2N4O3. The number of aromatic nitrogens is 1. The quantitative estimate of drug-likeness (QED) is 0.690. The molecule has 1 aromatic carbocycles. The summed E-state index contributed by atoms with van der Waals surface area (Å²) >= 11 is 0. The zero-order chi connectivity index (χ0) is 19.7. The Bertz CT molecular complexity index is 1050. The van der Waals surface area contributed by atoms with Crippen molar-refractivity contribution in [2.24, 2.45) is 0 Å². The maximum absolute atomic E-state index is 13.9. The van der Waals surface area contributed by atoms with Crippen LogP contribution in [-0.4, -0.2) is 42.0 Å². The monoisotopic (exact) mass is 384 g/mol. The zero-order valence-electron chi connectivity index (χ0n) is 14.6. The van der Waals surface area contributed by atoms with Crippen molar-refractivity contribution in [1.29, 1.82) is 5.26 Å². The number of nitrogens with zero attached hydrogens (tertiary/aromatic N) is 4. The van der Waals surface area contributed by atoms with Crippen molar-refractivity contribution >= 4 is 11.8 Å². The van der Waals surface area contributed by atoms with E-state index >= 15 is 0 Å². The first-order chi connectivity index (χ1) is 13.6. The van der Waals surface area contributed by atoms with Crippen LogP contribution in [-0.2, 0) is 0 Å². The number of carbonyl (C=O) groups is 1. The number of anilines is 1. The fraction of sp³-hybridized carbons (Fsp3) is 0.211. The molecule has 0 spiro atoms. The largest absolute Gasteiger partial charge is 0.459 e. The third kappa shape index (κ3) is 3.20. The SMILES string of the molecule is N#Cc1nc(-c2ccco2)oc1N1CCN(C(=O)c2cc(F)ccc2F)CC1. The Hall–Kier alpha value is -3.67. The highest BCUT2D eigenvalue weighted by atomic mass is 19.1. The Labute approximate surface area is 158 Å². The van der Waals surface area contributed by atoms with Crippen LogP contribution < -0.4 is 4.90 Å². The Morgan fingerprint density at radius 1 is 1.18 bits per heavy atom.